The lowest BCUT2D eigenvalue weighted by Crippen LogP contribution is -2.04. The van der Waals surface area contributed by atoms with Crippen LogP contribution in [0.5, 0.6) is 0 Å². The van der Waals surface area contributed by atoms with Crippen molar-refractivity contribution in [3.63, 3.8) is 0 Å². The van der Waals surface area contributed by atoms with Crippen molar-refractivity contribution in [2.75, 3.05) is 10.6 Å². The summed E-state index contributed by atoms with van der Waals surface area (Å²) >= 11 is 3.47. The first-order valence-corrected chi connectivity index (χ1v) is 8.38. The summed E-state index contributed by atoms with van der Waals surface area (Å²) < 4.78 is 1.05. The molecule has 0 saturated carbocycles. The average molecular weight is 384 g/mol. The fourth-order valence-corrected chi connectivity index (χ4v) is 2.80. The van der Waals surface area contributed by atoms with Gasteiger partial charge in [0.1, 0.15) is 0 Å². The zero-order valence-electron chi connectivity index (χ0n) is 13.8. The van der Waals surface area contributed by atoms with Crippen LogP contribution in [0.3, 0.4) is 0 Å². The number of hydrogen-bond acceptors (Lipinski definition) is 5. The molecule has 3 rings (SSSR count). The van der Waals surface area contributed by atoms with Crippen molar-refractivity contribution in [2.45, 2.75) is 20.8 Å². The monoisotopic (exact) mass is 383 g/mol. The lowest BCUT2D eigenvalue weighted by Gasteiger charge is -2.12. The number of hydrogen-bond donors (Lipinski definition) is 2. The molecule has 1 aromatic heterocycles. The number of aryl methyl sites for hydroxylation is 2. The number of rotatable bonds is 4. The van der Waals surface area contributed by atoms with E-state index >= 15 is 0 Å². The molecule has 2 aromatic carbocycles. The van der Waals surface area contributed by atoms with E-state index in [0.717, 1.165) is 21.4 Å². The van der Waals surface area contributed by atoms with Gasteiger partial charge in [-0.3, -0.25) is 0 Å². The third-order valence-corrected chi connectivity index (χ3v) is 4.35. The number of anilines is 4. The Labute approximate surface area is 149 Å². The molecular formula is C18H18BrN5. The summed E-state index contributed by atoms with van der Waals surface area (Å²) in [4.78, 5) is 4.49. The molecule has 0 saturated heterocycles. The maximum absolute atomic E-state index is 4.49. The van der Waals surface area contributed by atoms with Crippen molar-refractivity contribution in [3.05, 3.63) is 63.8 Å². The first-order chi connectivity index (χ1) is 11.5. The number of benzene rings is 2. The highest BCUT2D eigenvalue weighted by Crippen LogP contribution is 2.24. The molecule has 0 radical (unpaired) electrons. The number of aromatic nitrogens is 3. The summed E-state index contributed by atoms with van der Waals surface area (Å²) in [5, 5.41) is 14.6. The first-order valence-electron chi connectivity index (χ1n) is 7.59. The molecule has 1 heterocycles. The Morgan fingerprint density at radius 1 is 0.917 bits per heavy atom. The Balaban J connectivity index is 1.82. The van der Waals surface area contributed by atoms with Crippen LogP contribution in [0.25, 0.3) is 0 Å². The van der Waals surface area contributed by atoms with Gasteiger partial charge in [0.05, 0.1) is 6.20 Å². The standard InChI is InChI=1S/C18H18BrN5/c1-11-5-4-6-16(13(11)3)22-18-23-17(10-20-24-18)21-15-8-7-14(19)9-12(15)2/h4-10H,1-3H3,(H2,21,22,23,24). The maximum atomic E-state index is 4.49. The van der Waals surface area contributed by atoms with Gasteiger partial charge in [0.2, 0.25) is 5.95 Å². The SMILES string of the molecule is Cc1cc(Br)ccc1Nc1cnnc(Nc2cccc(C)c2C)n1. The van der Waals surface area contributed by atoms with Gasteiger partial charge < -0.3 is 10.6 Å². The normalized spacial score (nSPS) is 10.5. The number of halogens is 1. The van der Waals surface area contributed by atoms with E-state index < -0.39 is 0 Å². The topological polar surface area (TPSA) is 62.7 Å². The van der Waals surface area contributed by atoms with E-state index in [9.17, 15) is 0 Å². The van der Waals surface area contributed by atoms with E-state index in [2.05, 4.69) is 61.7 Å². The van der Waals surface area contributed by atoms with Gasteiger partial charge in [0, 0.05) is 15.8 Å². The van der Waals surface area contributed by atoms with Gasteiger partial charge in [-0.1, -0.05) is 28.1 Å². The summed E-state index contributed by atoms with van der Waals surface area (Å²) in [5.74, 6) is 1.10. The van der Waals surface area contributed by atoms with Crippen LogP contribution in [-0.4, -0.2) is 15.2 Å². The third kappa shape index (κ3) is 3.71. The van der Waals surface area contributed by atoms with E-state index in [-0.39, 0.29) is 0 Å². The van der Waals surface area contributed by atoms with Gasteiger partial charge in [-0.25, -0.2) is 0 Å². The molecule has 0 aliphatic carbocycles. The molecule has 122 valence electrons. The van der Waals surface area contributed by atoms with E-state index in [0.29, 0.717) is 11.8 Å². The van der Waals surface area contributed by atoms with Crippen LogP contribution in [-0.2, 0) is 0 Å². The van der Waals surface area contributed by atoms with Crippen LogP contribution < -0.4 is 10.6 Å². The summed E-state index contributed by atoms with van der Waals surface area (Å²) in [5.41, 5.74) is 5.47. The highest BCUT2D eigenvalue weighted by Gasteiger charge is 2.06. The summed E-state index contributed by atoms with van der Waals surface area (Å²) in [6.07, 6.45) is 1.61. The van der Waals surface area contributed by atoms with Crippen molar-refractivity contribution in [1.29, 1.82) is 0 Å². The summed E-state index contributed by atoms with van der Waals surface area (Å²) in [6, 6.07) is 12.1. The van der Waals surface area contributed by atoms with E-state index in [1.165, 1.54) is 11.1 Å². The predicted octanol–water partition coefficient (Wildman–Crippen LogP) is 5.05. The zero-order valence-corrected chi connectivity index (χ0v) is 15.3. The van der Waals surface area contributed by atoms with Gasteiger partial charge in [-0.05, 0) is 61.7 Å². The average Bonchev–Trinajstić information content (AvgIpc) is 2.55. The lowest BCUT2D eigenvalue weighted by atomic mass is 10.1. The van der Waals surface area contributed by atoms with E-state index in [4.69, 9.17) is 0 Å². The molecule has 24 heavy (non-hydrogen) atoms. The predicted molar refractivity (Wildman–Crippen MR) is 101 cm³/mol. The molecule has 0 atom stereocenters. The molecule has 0 unspecified atom stereocenters. The second-order valence-electron chi connectivity index (χ2n) is 5.62. The molecule has 0 spiro atoms. The second-order valence-corrected chi connectivity index (χ2v) is 6.54. The second kappa shape index (κ2) is 6.97. The van der Waals surface area contributed by atoms with Crippen molar-refractivity contribution in [3.8, 4) is 0 Å². The van der Waals surface area contributed by atoms with Gasteiger partial charge >= 0.3 is 0 Å². The smallest absolute Gasteiger partial charge is 0.249 e. The first kappa shape index (κ1) is 16.4. The summed E-state index contributed by atoms with van der Waals surface area (Å²) in [6.45, 7) is 6.18. The van der Waals surface area contributed by atoms with Crippen molar-refractivity contribution < 1.29 is 0 Å². The Hall–Kier alpha value is -2.47. The molecule has 0 aliphatic heterocycles. The fourth-order valence-electron chi connectivity index (χ4n) is 2.33. The fraction of sp³-hybridized carbons (Fsp3) is 0.167. The minimum Gasteiger partial charge on any atom is -0.339 e. The minimum atomic E-state index is 0.462. The molecule has 0 aliphatic rings. The van der Waals surface area contributed by atoms with Gasteiger partial charge in [0.15, 0.2) is 5.82 Å². The summed E-state index contributed by atoms with van der Waals surface area (Å²) in [7, 11) is 0. The molecule has 2 N–H and O–H groups in total. The molecule has 6 heteroatoms. The van der Waals surface area contributed by atoms with Gasteiger partial charge in [0.25, 0.3) is 0 Å². The maximum Gasteiger partial charge on any atom is 0.249 e. The highest BCUT2D eigenvalue weighted by molar-refractivity contribution is 9.10. The molecule has 5 nitrogen and oxygen atoms in total. The van der Waals surface area contributed by atoms with Crippen LogP contribution in [0.1, 0.15) is 16.7 Å². The van der Waals surface area contributed by atoms with E-state index in [1.807, 2.05) is 37.3 Å². The van der Waals surface area contributed by atoms with Crippen LogP contribution in [0.4, 0.5) is 23.1 Å². The number of nitrogens with zero attached hydrogens (tertiary/aromatic N) is 3. The molecule has 0 fully saturated rings. The van der Waals surface area contributed by atoms with Gasteiger partial charge in [-0.15, -0.1) is 5.10 Å². The lowest BCUT2D eigenvalue weighted by molar-refractivity contribution is 0.981. The van der Waals surface area contributed by atoms with E-state index in [1.54, 1.807) is 6.20 Å². The molecular weight excluding hydrogens is 366 g/mol. The quantitative estimate of drug-likeness (QED) is 0.659. The largest absolute Gasteiger partial charge is 0.339 e. The van der Waals surface area contributed by atoms with Gasteiger partial charge in [-0.2, -0.15) is 10.1 Å². The molecule has 0 amide bonds. The molecule has 0 bridgehead atoms. The van der Waals surface area contributed by atoms with Crippen molar-refractivity contribution in [1.82, 2.24) is 15.2 Å². The van der Waals surface area contributed by atoms with Crippen LogP contribution in [0, 0.1) is 20.8 Å². The van der Waals surface area contributed by atoms with Crippen LogP contribution >= 0.6 is 15.9 Å². The Morgan fingerprint density at radius 2 is 1.75 bits per heavy atom. The van der Waals surface area contributed by atoms with Crippen LogP contribution in [0.15, 0.2) is 47.1 Å². The zero-order chi connectivity index (χ0) is 17.1. The molecule has 3 aromatic rings. The Bertz CT molecular complexity index is 879. The number of nitrogens with one attached hydrogen (secondary N) is 2. The minimum absolute atomic E-state index is 0.462. The Kier molecular flexibility index (Phi) is 4.76. The third-order valence-electron chi connectivity index (χ3n) is 3.86. The Morgan fingerprint density at radius 3 is 2.54 bits per heavy atom. The highest BCUT2D eigenvalue weighted by atomic mass is 79.9. The van der Waals surface area contributed by atoms with Crippen molar-refractivity contribution >= 4 is 39.1 Å². The van der Waals surface area contributed by atoms with Crippen molar-refractivity contribution in [2.24, 2.45) is 0 Å². The van der Waals surface area contributed by atoms with Crippen LogP contribution in [0.2, 0.25) is 0 Å².